The second kappa shape index (κ2) is 6.91. The monoisotopic (exact) mass is 281 g/mol. The van der Waals surface area contributed by atoms with E-state index < -0.39 is 7.14 Å². The van der Waals surface area contributed by atoms with Crippen LogP contribution in [0, 0.1) is 0 Å². The molecule has 0 radical (unpaired) electrons. The Kier molecular flexibility index (Phi) is 5.81. The maximum Gasteiger partial charge on any atom is 0.150 e. The number of nitrogens with zero attached hydrogens (tertiary/aromatic N) is 1. The van der Waals surface area contributed by atoms with Crippen LogP contribution in [0.3, 0.4) is 0 Å². The van der Waals surface area contributed by atoms with Crippen molar-refractivity contribution in [3.63, 3.8) is 0 Å². The number of rotatable bonds is 7. The molecule has 0 aliphatic heterocycles. The highest BCUT2D eigenvalue weighted by atomic mass is 31.2. The third kappa shape index (κ3) is 3.27. The molecular weight excluding hydrogens is 257 g/mol. The Hall–Kier alpha value is -1.08. The summed E-state index contributed by atoms with van der Waals surface area (Å²) in [5.74, 6) is 0. The van der Waals surface area contributed by atoms with Gasteiger partial charge < -0.3 is 9.46 Å². The fraction of sp³-hybridized carbons (Fsp3) is 0.533. The smallest absolute Gasteiger partial charge is 0.150 e. The van der Waals surface area contributed by atoms with Gasteiger partial charge in [-0.1, -0.05) is 13.8 Å². The lowest BCUT2D eigenvalue weighted by molar-refractivity contribution is 0.112. The van der Waals surface area contributed by atoms with Gasteiger partial charge in [-0.25, -0.2) is 0 Å². The van der Waals surface area contributed by atoms with Crippen molar-refractivity contribution < 1.29 is 9.36 Å². The summed E-state index contributed by atoms with van der Waals surface area (Å²) in [4.78, 5) is 13.4. The van der Waals surface area contributed by atoms with E-state index in [1.54, 1.807) is 6.07 Å². The first-order chi connectivity index (χ1) is 9.06. The maximum absolute atomic E-state index is 12.9. The van der Waals surface area contributed by atoms with Gasteiger partial charge >= 0.3 is 0 Å². The van der Waals surface area contributed by atoms with Crippen molar-refractivity contribution in [3.05, 3.63) is 23.8 Å². The fourth-order valence-corrected chi connectivity index (χ4v) is 4.43. The number of hydrogen-bond acceptors (Lipinski definition) is 3. The molecule has 19 heavy (non-hydrogen) atoms. The van der Waals surface area contributed by atoms with E-state index in [1.807, 2.05) is 26.0 Å². The number of carbonyl (C=O) groups excluding carboxylic acids is 1. The molecule has 106 valence electrons. The van der Waals surface area contributed by atoms with Crippen molar-refractivity contribution >= 4 is 24.4 Å². The summed E-state index contributed by atoms with van der Waals surface area (Å²) in [6, 6.07) is 5.69. The van der Waals surface area contributed by atoms with Gasteiger partial charge in [0, 0.05) is 42.0 Å². The van der Waals surface area contributed by atoms with Gasteiger partial charge in [0.2, 0.25) is 0 Å². The van der Waals surface area contributed by atoms with Crippen LogP contribution in [0.25, 0.3) is 0 Å². The van der Waals surface area contributed by atoms with Crippen molar-refractivity contribution in [2.24, 2.45) is 0 Å². The van der Waals surface area contributed by atoms with Gasteiger partial charge in [-0.05, 0) is 32.0 Å². The standard InChI is InChI=1S/C15H24NO2P/c1-5-16(6-2)14-10-9-13(12-17)15(11-14)19(18,7-3)8-4/h9-12H,5-8H2,1-4H3. The normalized spacial score (nSPS) is 11.4. The summed E-state index contributed by atoms with van der Waals surface area (Å²) in [5, 5.41) is 0.747. The van der Waals surface area contributed by atoms with Crippen molar-refractivity contribution in [3.8, 4) is 0 Å². The van der Waals surface area contributed by atoms with Crippen LogP contribution in [0.1, 0.15) is 38.1 Å². The minimum atomic E-state index is -2.43. The molecule has 0 aliphatic rings. The summed E-state index contributed by atoms with van der Waals surface area (Å²) in [7, 11) is -2.43. The van der Waals surface area contributed by atoms with Crippen LogP contribution in [-0.4, -0.2) is 31.7 Å². The summed E-state index contributed by atoms with van der Waals surface area (Å²) in [6.07, 6.45) is 2.03. The van der Waals surface area contributed by atoms with Crippen LogP contribution in [0.5, 0.6) is 0 Å². The lowest BCUT2D eigenvalue weighted by atomic mass is 10.2. The molecule has 0 aromatic heterocycles. The molecule has 0 atom stereocenters. The SMILES string of the molecule is CCN(CC)c1ccc(C=O)c(P(=O)(CC)CC)c1. The van der Waals surface area contributed by atoms with E-state index in [2.05, 4.69) is 18.7 Å². The average molecular weight is 281 g/mol. The Morgan fingerprint density at radius 2 is 1.68 bits per heavy atom. The number of anilines is 1. The Bertz CT molecular complexity index is 473. The summed E-state index contributed by atoms with van der Waals surface area (Å²) < 4.78 is 12.9. The van der Waals surface area contributed by atoms with E-state index >= 15 is 0 Å². The molecule has 3 nitrogen and oxygen atoms in total. The largest absolute Gasteiger partial charge is 0.372 e. The maximum atomic E-state index is 12.9. The number of aldehydes is 1. The summed E-state index contributed by atoms with van der Waals surface area (Å²) in [5.41, 5.74) is 1.62. The van der Waals surface area contributed by atoms with Gasteiger partial charge in [0.1, 0.15) is 7.14 Å². The molecule has 0 fully saturated rings. The van der Waals surface area contributed by atoms with Crippen LogP contribution in [0.2, 0.25) is 0 Å². The molecule has 1 rings (SSSR count). The first-order valence-electron chi connectivity index (χ1n) is 6.99. The first kappa shape index (κ1) is 16.0. The second-order valence-corrected chi connectivity index (χ2v) is 8.08. The quantitative estimate of drug-likeness (QED) is 0.568. The highest BCUT2D eigenvalue weighted by molar-refractivity contribution is 7.71. The van der Waals surface area contributed by atoms with E-state index in [4.69, 9.17) is 0 Å². The zero-order valence-electron chi connectivity index (χ0n) is 12.3. The van der Waals surface area contributed by atoms with Crippen LogP contribution in [-0.2, 0) is 4.57 Å². The van der Waals surface area contributed by atoms with Crippen LogP contribution in [0.4, 0.5) is 5.69 Å². The molecule has 0 aliphatic carbocycles. The molecule has 0 saturated heterocycles. The van der Waals surface area contributed by atoms with Gasteiger partial charge in [0.05, 0.1) is 0 Å². The molecule has 1 aromatic carbocycles. The molecule has 0 spiro atoms. The molecule has 0 heterocycles. The molecule has 0 N–H and O–H groups in total. The van der Waals surface area contributed by atoms with E-state index in [9.17, 15) is 9.36 Å². The van der Waals surface area contributed by atoms with Gasteiger partial charge in [-0.3, -0.25) is 4.79 Å². The molecular formula is C15H24NO2P. The topological polar surface area (TPSA) is 37.4 Å². The van der Waals surface area contributed by atoms with Gasteiger partial charge in [0.25, 0.3) is 0 Å². The minimum absolute atomic E-state index is 0.572. The zero-order chi connectivity index (χ0) is 14.5. The molecule has 1 aromatic rings. The summed E-state index contributed by atoms with van der Waals surface area (Å²) in [6.45, 7) is 9.86. The minimum Gasteiger partial charge on any atom is -0.372 e. The predicted molar refractivity (Wildman–Crippen MR) is 83.7 cm³/mol. The second-order valence-electron chi connectivity index (χ2n) is 4.56. The predicted octanol–water partition coefficient (Wildman–Crippen LogP) is 3.37. The van der Waals surface area contributed by atoms with E-state index in [0.717, 1.165) is 30.4 Å². The van der Waals surface area contributed by atoms with Gasteiger partial charge in [0.15, 0.2) is 6.29 Å². The lowest BCUT2D eigenvalue weighted by Crippen LogP contribution is -2.24. The lowest BCUT2D eigenvalue weighted by Gasteiger charge is -2.24. The number of hydrogen-bond donors (Lipinski definition) is 0. The number of carbonyl (C=O) groups is 1. The van der Waals surface area contributed by atoms with Crippen LogP contribution >= 0.6 is 7.14 Å². The van der Waals surface area contributed by atoms with Gasteiger partial charge in [-0.15, -0.1) is 0 Å². The Morgan fingerprint density at radius 1 is 1.11 bits per heavy atom. The Labute approximate surface area is 116 Å². The summed E-state index contributed by atoms with van der Waals surface area (Å²) >= 11 is 0. The van der Waals surface area contributed by atoms with Crippen molar-refractivity contribution in [2.75, 3.05) is 30.3 Å². The van der Waals surface area contributed by atoms with Crippen LogP contribution < -0.4 is 10.2 Å². The zero-order valence-corrected chi connectivity index (χ0v) is 13.2. The first-order valence-corrected chi connectivity index (χ1v) is 9.06. The molecule has 0 bridgehead atoms. The third-order valence-electron chi connectivity index (χ3n) is 3.73. The molecule has 4 heteroatoms. The van der Waals surface area contributed by atoms with E-state index in [-0.39, 0.29) is 0 Å². The number of benzene rings is 1. The van der Waals surface area contributed by atoms with Crippen molar-refractivity contribution in [2.45, 2.75) is 27.7 Å². The van der Waals surface area contributed by atoms with Crippen LogP contribution in [0.15, 0.2) is 18.2 Å². The Morgan fingerprint density at radius 3 is 2.11 bits per heavy atom. The fourth-order valence-electron chi connectivity index (χ4n) is 2.33. The van der Waals surface area contributed by atoms with Gasteiger partial charge in [-0.2, -0.15) is 0 Å². The van der Waals surface area contributed by atoms with E-state index in [1.165, 1.54) is 0 Å². The Balaban J connectivity index is 3.39. The average Bonchev–Trinajstić information content (AvgIpc) is 2.47. The van der Waals surface area contributed by atoms with E-state index in [0.29, 0.717) is 17.9 Å². The highest BCUT2D eigenvalue weighted by Gasteiger charge is 2.24. The third-order valence-corrected chi connectivity index (χ3v) is 7.04. The highest BCUT2D eigenvalue weighted by Crippen LogP contribution is 2.44. The van der Waals surface area contributed by atoms with Crippen molar-refractivity contribution in [1.29, 1.82) is 0 Å². The van der Waals surface area contributed by atoms with Crippen molar-refractivity contribution in [1.82, 2.24) is 0 Å². The molecule has 0 amide bonds. The molecule has 0 saturated carbocycles. The molecule has 0 unspecified atom stereocenters.